The summed E-state index contributed by atoms with van der Waals surface area (Å²) in [5.74, 6) is 2.53. The van der Waals surface area contributed by atoms with E-state index in [2.05, 4.69) is 41.4 Å². The van der Waals surface area contributed by atoms with Crippen molar-refractivity contribution in [3.63, 3.8) is 0 Å². The van der Waals surface area contributed by atoms with Crippen LogP contribution in [0.1, 0.15) is 45.6 Å². The number of hydrogen-bond donors (Lipinski definition) is 2. The van der Waals surface area contributed by atoms with E-state index in [0.717, 1.165) is 57.0 Å². The van der Waals surface area contributed by atoms with E-state index in [1.165, 1.54) is 5.56 Å². The predicted octanol–water partition coefficient (Wildman–Crippen LogP) is 3.09. The molecule has 2 rings (SSSR count). The van der Waals surface area contributed by atoms with E-state index in [0.29, 0.717) is 12.0 Å². The van der Waals surface area contributed by atoms with Crippen LogP contribution in [0.3, 0.4) is 0 Å². The molecule has 1 aliphatic rings. The average molecular weight is 292 g/mol. The van der Waals surface area contributed by atoms with E-state index in [4.69, 9.17) is 4.74 Å². The Kier molecular flexibility index (Phi) is 6.23. The summed E-state index contributed by atoms with van der Waals surface area (Å²) < 4.78 is 5.62. The molecular weight excluding hydrogens is 264 g/mol. The number of aromatic nitrogens is 2. The van der Waals surface area contributed by atoms with E-state index in [9.17, 15) is 0 Å². The van der Waals surface area contributed by atoms with E-state index in [1.54, 1.807) is 6.33 Å². The van der Waals surface area contributed by atoms with Crippen LogP contribution in [0.2, 0.25) is 0 Å². The minimum atomic E-state index is 0.339. The van der Waals surface area contributed by atoms with Crippen molar-refractivity contribution in [1.82, 2.24) is 9.97 Å². The Balaban J connectivity index is 2.05. The molecule has 0 saturated carbocycles. The average Bonchev–Trinajstić information content (AvgIpc) is 2.90. The van der Waals surface area contributed by atoms with E-state index in [-0.39, 0.29) is 0 Å². The zero-order chi connectivity index (χ0) is 15.1. The highest BCUT2D eigenvalue weighted by Gasteiger charge is 2.24. The molecule has 0 spiro atoms. The van der Waals surface area contributed by atoms with Gasteiger partial charge < -0.3 is 15.4 Å². The molecule has 5 nitrogen and oxygen atoms in total. The standard InChI is InChI=1S/C16H28N4O/c1-4-6-14-15(17-8-5-2)19-11-20-16(14)18-10-13-7-9-21-12(13)3/h11-13H,4-10H2,1-3H3,(H2,17,18,19,20). The van der Waals surface area contributed by atoms with Gasteiger partial charge in [0.15, 0.2) is 0 Å². The highest BCUT2D eigenvalue weighted by atomic mass is 16.5. The first kappa shape index (κ1) is 16.0. The lowest BCUT2D eigenvalue weighted by atomic mass is 10.0. The lowest BCUT2D eigenvalue weighted by Gasteiger charge is -2.18. The first-order valence-electron chi connectivity index (χ1n) is 8.19. The smallest absolute Gasteiger partial charge is 0.134 e. The molecule has 1 saturated heterocycles. The number of rotatable bonds is 8. The predicted molar refractivity (Wildman–Crippen MR) is 86.8 cm³/mol. The van der Waals surface area contributed by atoms with Crippen LogP contribution in [0, 0.1) is 5.92 Å². The fourth-order valence-electron chi connectivity index (χ4n) is 2.72. The lowest BCUT2D eigenvalue weighted by molar-refractivity contribution is 0.108. The molecule has 1 aromatic rings. The summed E-state index contributed by atoms with van der Waals surface area (Å²) in [6.45, 7) is 9.24. The van der Waals surface area contributed by atoms with Gasteiger partial charge in [-0.1, -0.05) is 20.3 Å². The third-order valence-electron chi connectivity index (χ3n) is 4.05. The SMILES string of the molecule is CCCNc1ncnc(NCC2CCOC2C)c1CCC. The summed E-state index contributed by atoms with van der Waals surface area (Å²) in [6.07, 6.45) is 6.29. The molecular formula is C16H28N4O. The molecule has 0 aliphatic carbocycles. The van der Waals surface area contributed by atoms with Crippen LogP contribution in [0.5, 0.6) is 0 Å². The maximum Gasteiger partial charge on any atom is 0.134 e. The second-order valence-corrected chi connectivity index (χ2v) is 5.73. The van der Waals surface area contributed by atoms with E-state index < -0.39 is 0 Å². The normalized spacial score (nSPS) is 21.5. The Labute approximate surface area is 127 Å². The summed E-state index contributed by atoms with van der Waals surface area (Å²) in [6, 6.07) is 0. The monoisotopic (exact) mass is 292 g/mol. The Morgan fingerprint density at radius 2 is 1.95 bits per heavy atom. The Bertz CT molecular complexity index is 438. The minimum Gasteiger partial charge on any atom is -0.378 e. The van der Waals surface area contributed by atoms with Gasteiger partial charge >= 0.3 is 0 Å². The molecule has 2 unspecified atom stereocenters. The molecule has 5 heteroatoms. The van der Waals surface area contributed by atoms with Crippen LogP contribution in [0.25, 0.3) is 0 Å². The van der Waals surface area contributed by atoms with Crippen molar-refractivity contribution >= 4 is 11.6 Å². The fourth-order valence-corrected chi connectivity index (χ4v) is 2.72. The fraction of sp³-hybridized carbons (Fsp3) is 0.750. The molecule has 0 bridgehead atoms. The first-order valence-corrected chi connectivity index (χ1v) is 8.19. The van der Waals surface area contributed by atoms with Gasteiger partial charge in [0.1, 0.15) is 18.0 Å². The van der Waals surface area contributed by atoms with Crippen LogP contribution in [0.15, 0.2) is 6.33 Å². The van der Waals surface area contributed by atoms with Crippen molar-refractivity contribution in [2.24, 2.45) is 5.92 Å². The number of hydrogen-bond acceptors (Lipinski definition) is 5. The van der Waals surface area contributed by atoms with E-state index >= 15 is 0 Å². The van der Waals surface area contributed by atoms with Gasteiger partial charge in [0.05, 0.1) is 6.10 Å². The summed E-state index contributed by atoms with van der Waals surface area (Å²) >= 11 is 0. The summed E-state index contributed by atoms with van der Waals surface area (Å²) in [5.41, 5.74) is 1.21. The van der Waals surface area contributed by atoms with Gasteiger partial charge in [-0.05, 0) is 26.2 Å². The van der Waals surface area contributed by atoms with Gasteiger partial charge in [-0.15, -0.1) is 0 Å². The Hall–Kier alpha value is -1.36. The molecule has 0 radical (unpaired) electrons. The Morgan fingerprint density at radius 3 is 2.57 bits per heavy atom. The third-order valence-corrected chi connectivity index (χ3v) is 4.05. The third kappa shape index (κ3) is 4.30. The number of nitrogens with zero attached hydrogens (tertiary/aromatic N) is 2. The molecule has 0 amide bonds. The second-order valence-electron chi connectivity index (χ2n) is 5.73. The van der Waals surface area contributed by atoms with Crippen LogP contribution >= 0.6 is 0 Å². The molecule has 0 aromatic carbocycles. The van der Waals surface area contributed by atoms with Crippen LogP contribution in [0.4, 0.5) is 11.6 Å². The van der Waals surface area contributed by atoms with E-state index in [1.807, 2.05) is 0 Å². The molecule has 2 atom stereocenters. The molecule has 21 heavy (non-hydrogen) atoms. The molecule has 118 valence electrons. The van der Waals surface area contributed by atoms with Crippen molar-refractivity contribution in [2.75, 3.05) is 30.3 Å². The van der Waals surface area contributed by atoms with Crippen molar-refractivity contribution in [1.29, 1.82) is 0 Å². The minimum absolute atomic E-state index is 0.339. The summed E-state index contributed by atoms with van der Waals surface area (Å²) in [4.78, 5) is 8.85. The molecule has 2 N–H and O–H groups in total. The zero-order valence-corrected chi connectivity index (χ0v) is 13.5. The van der Waals surface area contributed by atoms with Gasteiger partial charge in [-0.3, -0.25) is 0 Å². The van der Waals surface area contributed by atoms with Crippen molar-refractivity contribution in [3.05, 3.63) is 11.9 Å². The van der Waals surface area contributed by atoms with Gasteiger partial charge in [0.25, 0.3) is 0 Å². The van der Waals surface area contributed by atoms with Gasteiger partial charge in [-0.2, -0.15) is 0 Å². The zero-order valence-electron chi connectivity index (χ0n) is 13.5. The summed E-state index contributed by atoms with van der Waals surface area (Å²) in [5, 5.41) is 6.93. The number of anilines is 2. The largest absolute Gasteiger partial charge is 0.378 e. The number of nitrogens with one attached hydrogen (secondary N) is 2. The molecule has 1 aliphatic heterocycles. The van der Waals surface area contributed by atoms with Crippen molar-refractivity contribution in [3.8, 4) is 0 Å². The van der Waals surface area contributed by atoms with Crippen molar-refractivity contribution in [2.45, 2.75) is 52.6 Å². The first-order chi connectivity index (χ1) is 10.3. The van der Waals surface area contributed by atoms with Crippen LogP contribution < -0.4 is 10.6 Å². The topological polar surface area (TPSA) is 59.1 Å². The highest BCUT2D eigenvalue weighted by molar-refractivity contribution is 5.57. The lowest BCUT2D eigenvalue weighted by Crippen LogP contribution is -2.22. The van der Waals surface area contributed by atoms with Crippen LogP contribution in [-0.2, 0) is 11.2 Å². The highest BCUT2D eigenvalue weighted by Crippen LogP contribution is 2.24. The van der Waals surface area contributed by atoms with Crippen molar-refractivity contribution < 1.29 is 4.74 Å². The summed E-state index contributed by atoms with van der Waals surface area (Å²) in [7, 11) is 0. The second kappa shape index (κ2) is 8.17. The molecule has 2 heterocycles. The molecule has 1 fully saturated rings. The van der Waals surface area contributed by atoms with Crippen LogP contribution in [-0.4, -0.2) is 35.8 Å². The van der Waals surface area contributed by atoms with Gasteiger partial charge in [0, 0.05) is 31.2 Å². The maximum atomic E-state index is 5.62. The number of ether oxygens (including phenoxy) is 1. The van der Waals surface area contributed by atoms with Gasteiger partial charge in [-0.25, -0.2) is 9.97 Å². The maximum absolute atomic E-state index is 5.62. The quantitative estimate of drug-likeness (QED) is 0.771. The molecule has 1 aromatic heterocycles. The van der Waals surface area contributed by atoms with Gasteiger partial charge in [0.2, 0.25) is 0 Å². The Morgan fingerprint density at radius 1 is 1.19 bits per heavy atom.